The summed E-state index contributed by atoms with van der Waals surface area (Å²) in [5, 5.41) is 6.91. The molecule has 2 N–H and O–H groups in total. The van der Waals surface area contributed by atoms with E-state index < -0.39 is 0 Å². The minimum atomic E-state index is -0.0677. The van der Waals surface area contributed by atoms with Gasteiger partial charge in [0.2, 0.25) is 5.91 Å². The monoisotopic (exact) mass is 243 g/mol. The minimum absolute atomic E-state index is 0.0145. The molecule has 2 aromatic rings. The highest BCUT2D eigenvalue weighted by atomic mass is 16.1. The van der Waals surface area contributed by atoms with Crippen LogP contribution in [0.1, 0.15) is 6.92 Å². The fourth-order valence-electron chi connectivity index (χ4n) is 1.87. The first-order valence-electron chi connectivity index (χ1n) is 6.01. The summed E-state index contributed by atoms with van der Waals surface area (Å²) in [5.41, 5.74) is 1.70. The Kier molecular flexibility index (Phi) is 3.89. The standard InChI is InChI=1S/C14H17N3O/c1-10(9-15-2)14(18)17-13-7-3-6-12-11(13)5-4-8-16-12/h3-8,10,15H,9H2,1-2H3,(H,17,18). The Morgan fingerprint density at radius 1 is 1.33 bits per heavy atom. The van der Waals surface area contributed by atoms with Crippen molar-refractivity contribution in [1.29, 1.82) is 0 Å². The van der Waals surface area contributed by atoms with Gasteiger partial charge in [0.15, 0.2) is 0 Å². The second-order valence-corrected chi connectivity index (χ2v) is 4.32. The average molecular weight is 243 g/mol. The van der Waals surface area contributed by atoms with Crippen molar-refractivity contribution in [1.82, 2.24) is 10.3 Å². The van der Waals surface area contributed by atoms with Gasteiger partial charge in [0, 0.05) is 24.0 Å². The summed E-state index contributed by atoms with van der Waals surface area (Å²) in [6, 6.07) is 9.55. The van der Waals surface area contributed by atoms with Gasteiger partial charge in [-0.2, -0.15) is 0 Å². The van der Waals surface area contributed by atoms with E-state index in [1.165, 1.54) is 0 Å². The topological polar surface area (TPSA) is 54.0 Å². The quantitative estimate of drug-likeness (QED) is 0.864. The lowest BCUT2D eigenvalue weighted by Crippen LogP contribution is -2.28. The predicted molar refractivity (Wildman–Crippen MR) is 73.5 cm³/mol. The highest BCUT2D eigenvalue weighted by molar-refractivity contribution is 6.01. The number of pyridine rings is 1. The van der Waals surface area contributed by atoms with E-state index >= 15 is 0 Å². The number of amides is 1. The molecule has 0 aliphatic rings. The molecule has 4 heteroatoms. The van der Waals surface area contributed by atoms with Crippen LogP contribution in [-0.4, -0.2) is 24.5 Å². The summed E-state index contributed by atoms with van der Waals surface area (Å²) >= 11 is 0. The van der Waals surface area contributed by atoms with Crippen molar-refractivity contribution in [3.05, 3.63) is 36.5 Å². The molecule has 2 rings (SSSR count). The van der Waals surface area contributed by atoms with Crippen molar-refractivity contribution in [2.45, 2.75) is 6.92 Å². The van der Waals surface area contributed by atoms with Gasteiger partial charge < -0.3 is 10.6 Å². The maximum atomic E-state index is 12.0. The summed E-state index contributed by atoms with van der Waals surface area (Å²) in [7, 11) is 1.84. The van der Waals surface area contributed by atoms with Crippen LogP contribution in [0.15, 0.2) is 36.5 Å². The molecule has 1 unspecified atom stereocenters. The fourth-order valence-corrected chi connectivity index (χ4v) is 1.87. The number of rotatable bonds is 4. The molecule has 4 nitrogen and oxygen atoms in total. The first kappa shape index (κ1) is 12.5. The van der Waals surface area contributed by atoms with Crippen LogP contribution in [0, 0.1) is 5.92 Å². The Morgan fingerprint density at radius 2 is 2.17 bits per heavy atom. The van der Waals surface area contributed by atoms with Crippen LogP contribution in [0.3, 0.4) is 0 Å². The molecule has 1 aromatic heterocycles. The van der Waals surface area contributed by atoms with E-state index in [4.69, 9.17) is 0 Å². The molecule has 1 atom stereocenters. The number of nitrogens with one attached hydrogen (secondary N) is 2. The number of hydrogen-bond acceptors (Lipinski definition) is 3. The molecule has 0 aliphatic carbocycles. The number of anilines is 1. The number of aromatic nitrogens is 1. The smallest absolute Gasteiger partial charge is 0.228 e. The summed E-state index contributed by atoms with van der Waals surface area (Å²) in [6.07, 6.45) is 1.75. The van der Waals surface area contributed by atoms with Crippen LogP contribution < -0.4 is 10.6 Å². The van der Waals surface area contributed by atoms with E-state index in [-0.39, 0.29) is 11.8 Å². The van der Waals surface area contributed by atoms with Crippen molar-refractivity contribution in [2.24, 2.45) is 5.92 Å². The third kappa shape index (κ3) is 2.65. The fraction of sp³-hybridized carbons (Fsp3) is 0.286. The Balaban J connectivity index is 2.24. The molecule has 0 spiro atoms. The van der Waals surface area contributed by atoms with Crippen LogP contribution in [-0.2, 0) is 4.79 Å². The molecule has 0 bridgehead atoms. The number of carbonyl (C=O) groups excluding carboxylic acids is 1. The van der Waals surface area contributed by atoms with E-state index in [0.29, 0.717) is 6.54 Å². The second-order valence-electron chi connectivity index (χ2n) is 4.32. The Morgan fingerprint density at radius 3 is 2.94 bits per heavy atom. The van der Waals surface area contributed by atoms with E-state index in [2.05, 4.69) is 15.6 Å². The number of fused-ring (bicyclic) bond motifs is 1. The minimum Gasteiger partial charge on any atom is -0.325 e. The maximum Gasteiger partial charge on any atom is 0.228 e. The summed E-state index contributed by atoms with van der Waals surface area (Å²) < 4.78 is 0. The largest absolute Gasteiger partial charge is 0.325 e. The SMILES string of the molecule is CNCC(C)C(=O)Nc1cccc2ncccc12. The van der Waals surface area contributed by atoms with Gasteiger partial charge in [-0.1, -0.05) is 13.0 Å². The van der Waals surface area contributed by atoms with Gasteiger partial charge in [0.05, 0.1) is 11.2 Å². The van der Waals surface area contributed by atoms with Crippen molar-refractivity contribution in [3.8, 4) is 0 Å². The van der Waals surface area contributed by atoms with Gasteiger partial charge in [-0.15, -0.1) is 0 Å². The lowest BCUT2D eigenvalue weighted by molar-refractivity contribution is -0.119. The van der Waals surface area contributed by atoms with Crippen LogP contribution in [0.5, 0.6) is 0 Å². The van der Waals surface area contributed by atoms with Gasteiger partial charge in [-0.25, -0.2) is 0 Å². The van der Waals surface area contributed by atoms with E-state index in [1.54, 1.807) is 6.20 Å². The van der Waals surface area contributed by atoms with Crippen LogP contribution >= 0.6 is 0 Å². The molecule has 0 fully saturated rings. The lowest BCUT2D eigenvalue weighted by atomic mass is 10.1. The Labute approximate surface area is 106 Å². The van der Waals surface area contributed by atoms with Crippen LogP contribution in [0.4, 0.5) is 5.69 Å². The molecular weight excluding hydrogens is 226 g/mol. The molecule has 1 aromatic carbocycles. The summed E-state index contributed by atoms with van der Waals surface area (Å²) in [4.78, 5) is 16.2. The van der Waals surface area contributed by atoms with Crippen LogP contribution in [0.2, 0.25) is 0 Å². The van der Waals surface area contributed by atoms with Crippen molar-refractivity contribution in [2.75, 3.05) is 18.9 Å². The van der Waals surface area contributed by atoms with Gasteiger partial charge in [-0.3, -0.25) is 9.78 Å². The Bertz CT molecular complexity index is 548. The van der Waals surface area contributed by atoms with Gasteiger partial charge in [0.25, 0.3) is 0 Å². The van der Waals surface area contributed by atoms with Crippen molar-refractivity contribution < 1.29 is 4.79 Å². The zero-order valence-electron chi connectivity index (χ0n) is 10.6. The molecule has 1 amide bonds. The van der Waals surface area contributed by atoms with Gasteiger partial charge >= 0.3 is 0 Å². The van der Waals surface area contributed by atoms with Gasteiger partial charge in [0.1, 0.15) is 0 Å². The van der Waals surface area contributed by atoms with Crippen molar-refractivity contribution >= 4 is 22.5 Å². The number of nitrogens with zero attached hydrogens (tertiary/aromatic N) is 1. The van der Waals surface area contributed by atoms with Crippen LogP contribution in [0.25, 0.3) is 10.9 Å². The average Bonchev–Trinajstić information content (AvgIpc) is 2.39. The number of hydrogen-bond donors (Lipinski definition) is 2. The highest BCUT2D eigenvalue weighted by Crippen LogP contribution is 2.21. The van der Waals surface area contributed by atoms with E-state index in [9.17, 15) is 4.79 Å². The van der Waals surface area contributed by atoms with E-state index in [0.717, 1.165) is 16.6 Å². The zero-order valence-corrected chi connectivity index (χ0v) is 10.6. The zero-order chi connectivity index (χ0) is 13.0. The molecule has 0 saturated carbocycles. The molecule has 0 aliphatic heterocycles. The Hall–Kier alpha value is -1.94. The summed E-state index contributed by atoms with van der Waals surface area (Å²) in [5.74, 6) is -0.0531. The maximum absolute atomic E-state index is 12.0. The normalized spacial score (nSPS) is 12.3. The first-order chi connectivity index (χ1) is 8.72. The molecule has 0 saturated heterocycles. The van der Waals surface area contributed by atoms with Gasteiger partial charge in [-0.05, 0) is 31.3 Å². The predicted octanol–water partition coefficient (Wildman–Crippen LogP) is 2.03. The molecule has 18 heavy (non-hydrogen) atoms. The molecule has 0 radical (unpaired) electrons. The molecule has 1 heterocycles. The first-order valence-corrected chi connectivity index (χ1v) is 6.01. The number of carbonyl (C=O) groups is 1. The molecule has 94 valence electrons. The lowest BCUT2D eigenvalue weighted by Gasteiger charge is -2.13. The summed E-state index contributed by atoms with van der Waals surface area (Å²) in [6.45, 7) is 2.56. The second kappa shape index (κ2) is 5.60. The van der Waals surface area contributed by atoms with E-state index in [1.807, 2.05) is 44.3 Å². The third-order valence-electron chi connectivity index (χ3n) is 2.86. The highest BCUT2D eigenvalue weighted by Gasteiger charge is 2.13. The molecular formula is C14H17N3O. The third-order valence-corrected chi connectivity index (χ3v) is 2.86. The number of benzene rings is 1. The van der Waals surface area contributed by atoms with Crippen molar-refractivity contribution in [3.63, 3.8) is 0 Å².